The van der Waals surface area contributed by atoms with Crippen LogP contribution < -0.4 is 5.32 Å². The number of β-amino-alcohol motifs (C(OH)–C–C–N with tert-alkyl or cyclic N) is 1. The van der Waals surface area contributed by atoms with Gasteiger partial charge in [-0.2, -0.15) is 0 Å². The van der Waals surface area contributed by atoms with Crippen LogP contribution in [0.5, 0.6) is 0 Å². The van der Waals surface area contributed by atoms with Crippen molar-refractivity contribution < 1.29 is 9.90 Å². The molecule has 2 N–H and O–H groups in total. The summed E-state index contributed by atoms with van der Waals surface area (Å²) in [5.41, 5.74) is 0.836. The maximum Gasteiger partial charge on any atom is 0.241 e. The molecule has 1 atom stereocenters. The number of halogens is 1. The lowest BCUT2D eigenvalue weighted by atomic mass is 10.2. The van der Waals surface area contributed by atoms with Crippen molar-refractivity contribution in [2.75, 3.05) is 44.6 Å². The predicted octanol–water partition coefficient (Wildman–Crippen LogP) is 1.20. The van der Waals surface area contributed by atoms with Gasteiger partial charge in [0.05, 0.1) is 12.6 Å². The molecule has 0 bridgehead atoms. The average Bonchev–Trinajstić information content (AvgIpc) is 2.48. The molecule has 118 valence electrons. The summed E-state index contributed by atoms with van der Waals surface area (Å²) in [6.07, 6.45) is 0. The zero-order valence-electron chi connectivity index (χ0n) is 12.4. The van der Waals surface area contributed by atoms with E-state index in [-0.39, 0.29) is 35.5 Å². The SMILES string of the molecule is Br.CC(C(=O)Nc1ccccc1)N1CCN(CCO)CC1. The minimum Gasteiger partial charge on any atom is -0.395 e. The number of anilines is 1. The Labute approximate surface area is 136 Å². The smallest absolute Gasteiger partial charge is 0.241 e. The van der Waals surface area contributed by atoms with Crippen molar-refractivity contribution in [3.63, 3.8) is 0 Å². The second kappa shape index (κ2) is 9.15. The van der Waals surface area contributed by atoms with E-state index in [1.54, 1.807) is 0 Å². The van der Waals surface area contributed by atoms with E-state index < -0.39 is 0 Å². The Morgan fingerprint density at radius 1 is 1.24 bits per heavy atom. The van der Waals surface area contributed by atoms with Crippen LogP contribution in [0.15, 0.2) is 30.3 Å². The molecule has 1 saturated heterocycles. The monoisotopic (exact) mass is 357 g/mol. The van der Waals surface area contributed by atoms with Crippen molar-refractivity contribution in [1.82, 2.24) is 9.80 Å². The summed E-state index contributed by atoms with van der Waals surface area (Å²) < 4.78 is 0. The summed E-state index contributed by atoms with van der Waals surface area (Å²) >= 11 is 0. The van der Waals surface area contributed by atoms with Crippen molar-refractivity contribution in [2.24, 2.45) is 0 Å². The van der Waals surface area contributed by atoms with E-state index in [9.17, 15) is 4.79 Å². The normalized spacial score (nSPS) is 17.8. The quantitative estimate of drug-likeness (QED) is 0.831. The van der Waals surface area contributed by atoms with Gasteiger partial charge in [0.2, 0.25) is 5.91 Å². The second-order valence-electron chi connectivity index (χ2n) is 5.13. The Bertz CT molecular complexity index is 422. The molecule has 0 spiro atoms. The number of para-hydroxylation sites is 1. The van der Waals surface area contributed by atoms with E-state index in [1.165, 1.54) is 0 Å². The van der Waals surface area contributed by atoms with E-state index in [1.807, 2.05) is 37.3 Å². The van der Waals surface area contributed by atoms with Crippen LogP contribution in [0.4, 0.5) is 5.69 Å². The Morgan fingerprint density at radius 3 is 2.43 bits per heavy atom. The zero-order chi connectivity index (χ0) is 14.4. The summed E-state index contributed by atoms with van der Waals surface area (Å²) in [4.78, 5) is 16.6. The van der Waals surface area contributed by atoms with Crippen LogP contribution in [-0.2, 0) is 4.79 Å². The van der Waals surface area contributed by atoms with E-state index in [4.69, 9.17) is 5.11 Å². The highest BCUT2D eigenvalue weighted by molar-refractivity contribution is 8.93. The van der Waals surface area contributed by atoms with Gasteiger partial charge in [-0.15, -0.1) is 17.0 Å². The summed E-state index contributed by atoms with van der Waals surface area (Å²) in [6.45, 7) is 6.41. The number of hydrogen-bond acceptors (Lipinski definition) is 4. The number of hydrogen-bond donors (Lipinski definition) is 2. The minimum atomic E-state index is -0.133. The number of benzene rings is 1. The van der Waals surface area contributed by atoms with Gasteiger partial charge in [0, 0.05) is 38.4 Å². The lowest BCUT2D eigenvalue weighted by molar-refractivity contribution is -0.121. The number of piperazine rings is 1. The summed E-state index contributed by atoms with van der Waals surface area (Å²) in [5.74, 6) is 0.0341. The third-order valence-electron chi connectivity index (χ3n) is 3.79. The van der Waals surface area contributed by atoms with Gasteiger partial charge < -0.3 is 10.4 Å². The number of carbonyl (C=O) groups is 1. The van der Waals surface area contributed by atoms with Crippen molar-refractivity contribution >= 4 is 28.6 Å². The molecular formula is C15H24BrN3O2. The Morgan fingerprint density at radius 2 is 1.86 bits per heavy atom. The lowest BCUT2D eigenvalue weighted by Crippen LogP contribution is -2.53. The maximum absolute atomic E-state index is 12.2. The number of amides is 1. The molecule has 1 fully saturated rings. The van der Waals surface area contributed by atoms with Gasteiger partial charge in [-0.05, 0) is 19.1 Å². The number of aliphatic hydroxyl groups is 1. The van der Waals surface area contributed by atoms with Crippen molar-refractivity contribution in [2.45, 2.75) is 13.0 Å². The van der Waals surface area contributed by atoms with Crippen LogP contribution in [0.25, 0.3) is 0 Å². The molecule has 1 aliphatic heterocycles. The molecular weight excluding hydrogens is 334 g/mol. The summed E-state index contributed by atoms with van der Waals surface area (Å²) in [7, 11) is 0. The fraction of sp³-hybridized carbons (Fsp3) is 0.533. The van der Waals surface area contributed by atoms with E-state index in [2.05, 4.69) is 15.1 Å². The average molecular weight is 358 g/mol. The Hall–Kier alpha value is -0.950. The van der Waals surface area contributed by atoms with Crippen LogP contribution in [0.3, 0.4) is 0 Å². The van der Waals surface area contributed by atoms with E-state index in [0.29, 0.717) is 0 Å². The molecule has 1 aromatic carbocycles. The predicted molar refractivity (Wildman–Crippen MR) is 90.0 cm³/mol. The Balaban J connectivity index is 0.00000220. The molecule has 0 radical (unpaired) electrons. The van der Waals surface area contributed by atoms with Crippen LogP contribution in [-0.4, -0.2) is 66.2 Å². The summed E-state index contributed by atoms with van der Waals surface area (Å²) in [6, 6.07) is 9.40. The molecule has 5 nitrogen and oxygen atoms in total. The standard InChI is InChI=1S/C15H23N3O2.BrH/c1-13(15(20)16-14-5-3-2-4-6-14)18-9-7-17(8-10-18)11-12-19;/h2-6,13,19H,7-12H2,1H3,(H,16,20);1H. The highest BCUT2D eigenvalue weighted by atomic mass is 79.9. The van der Waals surface area contributed by atoms with Crippen LogP contribution in [0.2, 0.25) is 0 Å². The van der Waals surface area contributed by atoms with Gasteiger partial charge in [0.1, 0.15) is 0 Å². The van der Waals surface area contributed by atoms with Gasteiger partial charge in [0.25, 0.3) is 0 Å². The van der Waals surface area contributed by atoms with Gasteiger partial charge in [-0.25, -0.2) is 0 Å². The van der Waals surface area contributed by atoms with E-state index >= 15 is 0 Å². The van der Waals surface area contributed by atoms with Crippen molar-refractivity contribution in [3.8, 4) is 0 Å². The van der Waals surface area contributed by atoms with Gasteiger partial charge >= 0.3 is 0 Å². The first kappa shape index (κ1) is 18.1. The molecule has 1 aromatic rings. The molecule has 21 heavy (non-hydrogen) atoms. The molecule has 0 saturated carbocycles. The lowest BCUT2D eigenvalue weighted by Gasteiger charge is -2.37. The summed E-state index contributed by atoms with van der Waals surface area (Å²) in [5, 5.41) is 11.9. The number of carbonyl (C=O) groups excluding carboxylic acids is 1. The molecule has 1 aliphatic rings. The highest BCUT2D eigenvalue weighted by Crippen LogP contribution is 2.10. The first-order valence-electron chi connectivity index (χ1n) is 7.14. The van der Waals surface area contributed by atoms with E-state index in [0.717, 1.165) is 38.4 Å². The number of aliphatic hydroxyl groups excluding tert-OH is 1. The second-order valence-corrected chi connectivity index (χ2v) is 5.13. The van der Waals surface area contributed by atoms with Crippen molar-refractivity contribution in [3.05, 3.63) is 30.3 Å². The van der Waals surface area contributed by atoms with Crippen LogP contribution in [0.1, 0.15) is 6.92 Å². The molecule has 1 unspecified atom stereocenters. The fourth-order valence-electron chi connectivity index (χ4n) is 2.45. The molecule has 6 heteroatoms. The Kier molecular flexibility index (Phi) is 7.88. The largest absolute Gasteiger partial charge is 0.395 e. The molecule has 0 aliphatic carbocycles. The van der Waals surface area contributed by atoms with Crippen molar-refractivity contribution in [1.29, 1.82) is 0 Å². The number of nitrogens with one attached hydrogen (secondary N) is 1. The fourth-order valence-corrected chi connectivity index (χ4v) is 2.45. The molecule has 1 heterocycles. The van der Waals surface area contributed by atoms with Gasteiger partial charge in [0.15, 0.2) is 0 Å². The van der Waals surface area contributed by atoms with Gasteiger partial charge in [-0.3, -0.25) is 14.6 Å². The molecule has 1 amide bonds. The highest BCUT2D eigenvalue weighted by Gasteiger charge is 2.25. The van der Waals surface area contributed by atoms with Crippen LogP contribution >= 0.6 is 17.0 Å². The number of rotatable bonds is 5. The van der Waals surface area contributed by atoms with Crippen LogP contribution in [0, 0.1) is 0 Å². The first-order valence-corrected chi connectivity index (χ1v) is 7.14. The topological polar surface area (TPSA) is 55.8 Å². The third-order valence-corrected chi connectivity index (χ3v) is 3.79. The molecule has 0 aromatic heterocycles. The first-order chi connectivity index (χ1) is 9.70. The maximum atomic E-state index is 12.2. The minimum absolute atomic E-state index is 0. The van der Waals surface area contributed by atoms with Gasteiger partial charge in [-0.1, -0.05) is 18.2 Å². The number of nitrogens with zero attached hydrogens (tertiary/aromatic N) is 2. The zero-order valence-corrected chi connectivity index (χ0v) is 14.1. The molecule has 2 rings (SSSR count). The third kappa shape index (κ3) is 5.39.